The van der Waals surface area contributed by atoms with Crippen LogP contribution in [0.4, 0.5) is 0 Å². The molecule has 0 amide bonds. The number of benzene rings is 8. The Morgan fingerprint density at radius 2 is 0.732 bits per heavy atom. The number of pyridine rings is 1. The van der Waals surface area contributed by atoms with Gasteiger partial charge >= 0.3 is 0 Å². The van der Waals surface area contributed by atoms with Gasteiger partial charge in [0.1, 0.15) is 0 Å². The lowest BCUT2D eigenvalue weighted by atomic mass is 9.93. The maximum atomic E-state index is 5.31. The molecule has 0 aliphatic rings. The second-order valence-corrected chi connectivity index (χ2v) is 14.0. The van der Waals surface area contributed by atoms with Crippen LogP contribution in [0.25, 0.3) is 100 Å². The molecule has 0 unspecified atom stereocenters. The highest BCUT2D eigenvalue weighted by Crippen LogP contribution is 2.39. The lowest BCUT2D eigenvalue weighted by molar-refractivity contribution is 1.18. The maximum absolute atomic E-state index is 5.31. The molecule has 0 N–H and O–H groups in total. The molecule has 2 aromatic heterocycles. The highest BCUT2D eigenvalue weighted by Gasteiger charge is 2.16. The third-order valence-electron chi connectivity index (χ3n) is 10.5. The second-order valence-electron chi connectivity index (χ2n) is 14.0. The molecular formula is C53H35N3. The Morgan fingerprint density at radius 3 is 1.30 bits per heavy atom. The molecule has 56 heavy (non-hydrogen) atoms. The highest BCUT2D eigenvalue weighted by atomic mass is 14.9. The third kappa shape index (κ3) is 6.42. The van der Waals surface area contributed by atoms with Crippen LogP contribution >= 0.6 is 0 Å². The molecule has 262 valence electrons. The molecule has 0 radical (unpaired) electrons. The number of nitrogens with zero attached hydrogens (tertiary/aromatic N) is 3. The van der Waals surface area contributed by atoms with Crippen molar-refractivity contribution in [3.8, 4) is 78.5 Å². The van der Waals surface area contributed by atoms with Crippen LogP contribution in [0.5, 0.6) is 0 Å². The zero-order valence-corrected chi connectivity index (χ0v) is 30.5. The molecule has 2 heterocycles. The van der Waals surface area contributed by atoms with Crippen LogP contribution in [0, 0.1) is 0 Å². The van der Waals surface area contributed by atoms with E-state index in [1.54, 1.807) is 0 Å². The normalized spacial score (nSPS) is 11.2. The van der Waals surface area contributed by atoms with E-state index in [9.17, 15) is 0 Å². The van der Waals surface area contributed by atoms with Gasteiger partial charge < -0.3 is 0 Å². The van der Waals surface area contributed by atoms with Crippen LogP contribution in [-0.2, 0) is 0 Å². The fraction of sp³-hybridized carbons (Fsp3) is 0. The summed E-state index contributed by atoms with van der Waals surface area (Å²) >= 11 is 0. The van der Waals surface area contributed by atoms with E-state index >= 15 is 0 Å². The Balaban J connectivity index is 1.18. The number of aromatic nitrogens is 3. The molecule has 0 aliphatic carbocycles. The van der Waals surface area contributed by atoms with Crippen molar-refractivity contribution in [3.63, 3.8) is 0 Å². The summed E-state index contributed by atoms with van der Waals surface area (Å²) < 4.78 is 0. The summed E-state index contributed by atoms with van der Waals surface area (Å²) in [7, 11) is 0. The van der Waals surface area contributed by atoms with Gasteiger partial charge in [0.15, 0.2) is 5.82 Å². The number of rotatable bonds is 7. The van der Waals surface area contributed by atoms with Gasteiger partial charge in [-0.15, -0.1) is 0 Å². The van der Waals surface area contributed by atoms with Crippen LogP contribution in [0.2, 0.25) is 0 Å². The van der Waals surface area contributed by atoms with Crippen molar-refractivity contribution >= 4 is 21.7 Å². The smallest absolute Gasteiger partial charge is 0.160 e. The first-order chi connectivity index (χ1) is 27.7. The molecule has 10 rings (SSSR count). The van der Waals surface area contributed by atoms with Gasteiger partial charge in [-0.05, 0) is 80.6 Å². The summed E-state index contributed by atoms with van der Waals surface area (Å²) in [6.45, 7) is 0. The predicted octanol–water partition coefficient (Wildman–Crippen LogP) is 13.8. The summed E-state index contributed by atoms with van der Waals surface area (Å²) in [5.74, 6) is 0.668. The Kier molecular flexibility index (Phi) is 8.51. The average Bonchev–Trinajstić information content (AvgIpc) is 3.29. The molecule has 0 aliphatic heterocycles. The van der Waals surface area contributed by atoms with Crippen molar-refractivity contribution in [2.45, 2.75) is 0 Å². The molecule has 0 saturated carbocycles. The molecule has 3 nitrogen and oxygen atoms in total. The highest BCUT2D eigenvalue weighted by molar-refractivity contribution is 6.14. The van der Waals surface area contributed by atoms with Crippen LogP contribution in [0.3, 0.4) is 0 Å². The van der Waals surface area contributed by atoms with E-state index in [4.69, 9.17) is 15.0 Å². The van der Waals surface area contributed by atoms with Gasteiger partial charge in [0.2, 0.25) is 0 Å². The minimum atomic E-state index is 0.668. The van der Waals surface area contributed by atoms with Crippen molar-refractivity contribution in [2.24, 2.45) is 0 Å². The van der Waals surface area contributed by atoms with Crippen LogP contribution < -0.4 is 0 Å². The maximum Gasteiger partial charge on any atom is 0.160 e. The molecule has 8 aromatic carbocycles. The van der Waals surface area contributed by atoms with E-state index < -0.39 is 0 Å². The van der Waals surface area contributed by atoms with Crippen molar-refractivity contribution in [3.05, 3.63) is 212 Å². The number of hydrogen-bond acceptors (Lipinski definition) is 3. The minimum absolute atomic E-state index is 0.668. The predicted molar refractivity (Wildman–Crippen MR) is 233 cm³/mol. The Morgan fingerprint density at radius 1 is 0.268 bits per heavy atom. The standard InChI is InChI=1S/C53H35N3/c1-5-15-36(16-6-1)41-23-13-25-43(31-41)50-35-51(44-26-14-24-42(32-44)37-17-7-2-8-18-37)56-53(55-50)45-28-27-39-29-30-48-52(46(39)33-45)47(38-19-9-3-10-20-38)34-49(54-48)40-21-11-4-12-22-40/h1-35H. The topological polar surface area (TPSA) is 38.7 Å². The SMILES string of the molecule is c1ccc(-c2cccc(-c3cc(-c4cccc(-c5ccccc5)c4)nc(-c4ccc5ccc6nc(-c7ccccc7)cc(-c7ccccc7)c6c5c4)n3)c2)cc1. The fourth-order valence-electron chi connectivity index (χ4n) is 7.65. The van der Waals surface area contributed by atoms with Crippen LogP contribution in [-0.4, -0.2) is 15.0 Å². The Hall–Kier alpha value is -7.49. The Labute approximate surface area is 326 Å². The van der Waals surface area contributed by atoms with Crippen molar-refractivity contribution in [1.82, 2.24) is 15.0 Å². The molecular weight excluding hydrogens is 679 g/mol. The first-order valence-electron chi connectivity index (χ1n) is 18.9. The quantitative estimate of drug-likeness (QED) is 0.154. The van der Waals surface area contributed by atoms with E-state index in [1.165, 1.54) is 11.1 Å². The molecule has 3 heteroatoms. The lowest BCUT2D eigenvalue weighted by Crippen LogP contribution is -1.97. The number of hydrogen-bond donors (Lipinski definition) is 0. The van der Waals surface area contributed by atoms with Crippen LogP contribution in [0.1, 0.15) is 0 Å². The van der Waals surface area contributed by atoms with Gasteiger partial charge in [0.25, 0.3) is 0 Å². The second kappa shape index (κ2) is 14.4. The lowest BCUT2D eigenvalue weighted by Gasteiger charge is -2.14. The minimum Gasteiger partial charge on any atom is -0.248 e. The van der Waals surface area contributed by atoms with Gasteiger partial charge in [0, 0.05) is 27.6 Å². The van der Waals surface area contributed by atoms with E-state index in [0.29, 0.717) is 5.82 Å². The van der Waals surface area contributed by atoms with Crippen molar-refractivity contribution in [2.75, 3.05) is 0 Å². The van der Waals surface area contributed by atoms with Gasteiger partial charge in [-0.3, -0.25) is 0 Å². The third-order valence-corrected chi connectivity index (χ3v) is 10.5. The molecule has 0 fully saturated rings. The van der Waals surface area contributed by atoms with Crippen LogP contribution in [0.15, 0.2) is 212 Å². The van der Waals surface area contributed by atoms with E-state index in [2.05, 4.69) is 194 Å². The van der Waals surface area contributed by atoms with Crippen molar-refractivity contribution in [1.29, 1.82) is 0 Å². The fourth-order valence-corrected chi connectivity index (χ4v) is 7.65. The first kappa shape index (κ1) is 33.1. The van der Waals surface area contributed by atoms with E-state index in [-0.39, 0.29) is 0 Å². The van der Waals surface area contributed by atoms with Crippen molar-refractivity contribution < 1.29 is 0 Å². The summed E-state index contributed by atoms with van der Waals surface area (Å²) in [5, 5.41) is 3.35. The van der Waals surface area contributed by atoms with E-state index in [0.717, 1.165) is 83.3 Å². The van der Waals surface area contributed by atoms with E-state index in [1.807, 2.05) is 18.2 Å². The first-order valence-corrected chi connectivity index (χ1v) is 18.9. The molecule has 0 atom stereocenters. The number of fused-ring (bicyclic) bond motifs is 3. The largest absolute Gasteiger partial charge is 0.248 e. The zero-order chi connectivity index (χ0) is 37.3. The zero-order valence-electron chi connectivity index (χ0n) is 30.5. The molecule has 0 spiro atoms. The summed E-state index contributed by atoms with van der Waals surface area (Å²) in [6, 6.07) is 74.5. The molecule has 0 bridgehead atoms. The summed E-state index contributed by atoms with van der Waals surface area (Å²) in [5.41, 5.74) is 14.6. The van der Waals surface area contributed by atoms with Gasteiger partial charge in [-0.1, -0.05) is 176 Å². The monoisotopic (exact) mass is 713 g/mol. The van der Waals surface area contributed by atoms with Gasteiger partial charge in [-0.25, -0.2) is 15.0 Å². The molecule has 0 saturated heterocycles. The average molecular weight is 714 g/mol. The summed E-state index contributed by atoms with van der Waals surface area (Å²) in [6.07, 6.45) is 0. The summed E-state index contributed by atoms with van der Waals surface area (Å²) in [4.78, 5) is 15.8. The Bertz CT molecular complexity index is 2900. The van der Waals surface area contributed by atoms with Gasteiger partial charge in [-0.2, -0.15) is 0 Å². The molecule has 10 aromatic rings. The van der Waals surface area contributed by atoms with Gasteiger partial charge in [0.05, 0.1) is 22.6 Å².